The van der Waals surface area contributed by atoms with Gasteiger partial charge in [-0.25, -0.2) is 4.79 Å². The molecule has 0 unspecified atom stereocenters. The molecule has 0 saturated carbocycles. The van der Waals surface area contributed by atoms with Gasteiger partial charge >= 0.3 is 5.97 Å². The van der Waals surface area contributed by atoms with E-state index in [1.807, 2.05) is 13.0 Å². The zero-order valence-corrected chi connectivity index (χ0v) is 16.5. The van der Waals surface area contributed by atoms with Gasteiger partial charge in [-0.05, 0) is 67.5 Å². The molecule has 0 bridgehead atoms. The first-order valence-corrected chi connectivity index (χ1v) is 10.0. The summed E-state index contributed by atoms with van der Waals surface area (Å²) in [6.45, 7) is 3.76. The van der Waals surface area contributed by atoms with Crippen molar-refractivity contribution in [3.63, 3.8) is 0 Å². The third kappa shape index (κ3) is 4.46. The highest BCUT2D eigenvalue weighted by Gasteiger charge is 2.23. The lowest BCUT2D eigenvalue weighted by atomic mass is 9.87. The number of hydrogen-bond donors (Lipinski definition) is 1. The molecule has 3 rings (SSSR count). The number of carbonyl (C=O) groups excluding carboxylic acids is 2. The van der Waals surface area contributed by atoms with Gasteiger partial charge in [-0.15, -0.1) is 11.3 Å². The van der Waals surface area contributed by atoms with Crippen LogP contribution in [-0.4, -0.2) is 18.5 Å². The molecule has 26 heavy (non-hydrogen) atoms. The minimum absolute atomic E-state index is 0.305. The molecule has 1 atom stereocenters. The van der Waals surface area contributed by atoms with Crippen LogP contribution in [0.1, 0.15) is 45.4 Å². The summed E-state index contributed by atoms with van der Waals surface area (Å²) in [4.78, 5) is 26.2. The molecular weight excluding hydrogens is 370 g/mol. The van der Waals surface area contributed by atoms with Crippen molar-refractivity contribution in [2.24, 2.45) is 5.92 Å². The highest BCUT2D eigenvalue weighted by molar-refractivity contribution is 7.14. The van der Waals surface area contributed by atoms with Gasteiger partial charge in [0.2, 0.25) is 0 Å². The highest BCUT2D eigenvalue weighted by Crippen LogP contribution is 2.33. The summed E-state index contributed by atoms with van der Waals surface area (Å²) in [5, 5.41) is 3.35. The van der Waals surface area contributed by atoms with Crippen molar-refractivity contribution >= 4 is 40.5 Å². The summed E-state index contributed by atoms with van der Waals surface area (Å²) in [6.07, 6.45) is 4.41. The molecule has 1 aliphatic carbocycles. The normalized spacial score (nSPS) is 16.0. The Balaban J connectivity index is 1.55. The van der Waals surface area contributed by atoms with Gasteiger partial charge < -0.3 is 10.1 Å². The lowest BCUT2D eigenvalue weighted by Gasteiger charge is -2.19. The number of fused-ring (bicyclic) bond motifs is 1. The topological polar surface area (TPSA) is 55.4 Å². The number of nitrogens with one attached hydrogen (secondary N) is 1. The van der Waals surface area contributed by atoms with E-state index in [0.29, 0.717) is 21.5 Å². The quantitative estimate of drug-likeness (QED) is 0.728. The third-order valence-electron chi connectivity index (χ3n) is 4.76. The molecule has 1 heterocycles. The molecule has 0 aliphatic heterocycles. The summed E-state index contributed by atoms with van der Waals surface area (Å²) in [6, 6.07) is 7.14. The predicted octanol–water partition coefficient (Wildman–Crippen LogP) is 5.02. The highest BCUT2D eigenvalue weighted by atomic mass is 35.5. The summed E-state index contributed by atoms with van der Waals surface area (Å²) < 4.78 is 5.19. The van der Waals surface area contributed by atoms with Gasteiger partial charge in [-0.3, -0.25) is 4.79 Å². The van der Waals surface area contributed by atoms with Crippen LogP contribution in [-0.2, 0) is 22.4 Å². The Bertz CT molecular complexity index is 830. The van der Waals surface area contributed by atoms with E-state index in [-0.39, 0.29) is 12.5 Å². The molecule has 0 saturated heterocycles. The van der Waals surface area contributed by atoms with Crippen LogP contribution < -0.4 is 5.32 Å². The number of carbonyl (C=O) groups is 2. The molecule has 4 nitrogen and oxygen atoms in total. The van der Waals surface area contributed by atoms with E-state index in [1.165, 1.54) is 34.6 Å². The Morgan fingerprint density at radius 1 is 1.35 bits per heavy atom. The van der Waals surface area contributed by atoms with Crippen LogP contribution in [0, 0.1) is 12.8 Å². The standard InChI is InChI=1S/C20H22ClNO3S/c1-3-13-4-7-17-14(9-13)10-18(26-17)20(24)25-11-19(23)22-16-6-5-15(21)8-12(16)2/h5-6,8,10,13H,3-4,7,9,11H2,1-2H3,(H,22,23)/t13-/m1/s1. The Hall–Kier alpha value is -1.85. The summed E-state index contributed by atoms with van der Waals surface area (Å²) >= 11 is 7.40. The van der Waals surface area contributed by atoms with Gasteiger partial charge in [0.25, 0.3) is 5.91 Å². The van der Waals surface area contributed by atoms with Crippen molar-refractivity contribution in [3.05, 3.63) is 50.2 Å². The van der Waals surface area contributed by atoms with E-state index >= 15 is 0 Å². The predicted molar refractivity (Wildman–Crippen MR) is 105 cm³/mol. The molecule has 6 heteroatoms. The van der Waals surface area contributed by atoms with E-state index in [1.54, 1.807) is 18.2 Å². The second kappa shape index (κ2) is 8.23. The SMILES string of the molecule is CC[C@@H]1CCc2sc(C(=O)OCC(=O)Nc3ccc(Cl)cc3C)cc2C1. The maximum absolute atomic E-state index is 12.3. The molecule has 1 aromatic carbocycles. The Morgan fingerprint density at radius 3 is 2.88 bits per heavy atom. The fourth-order valence-corrected chi connectivity index (χ4v) is 4.53. The van der Waals surface area contributed by atoms with E-state index in [2.05, 4.69) is 12.2 Å². The maximum atomic E-state index is 12.3. The number of hydrogen-bond acceptors (Lipinski definition) is 4. The van der Waals surface area contributed by atoms with Gasteiger partial charge in [-0.1, -0.05) is 24.9 Å². The summed E-state index contributed by atoms with van der Waals surface area (Å²) in [5.74, 6) is -0.0917. The number of esters is 1. The molecule has 1 aliphatic rings. The first-order valence-electron chi connectivity index (χ1n) is 8.81. The molecular formula is C20H22ClNO3S. The average Bonchev–Trinajstić information content (AvgIpc) is 3.05. The van der Waals surface area contributed by atoms with Gasteiger partial charge in [0.05, 0.1) is 0 Å². The fourth-order valence-electron chi connectivity index (χ4n) is 3.20. The van der Waals surface area contributed by atoms with Gasteiger partial charge in [0, 0.05) is 15.6 Å². The van der Waals surface area contributed by atoms with E-state index in [0.717, 1.165) is 18.4 Å². The van der Waals surface area contributed by atoms with Crippen LogP contribution >= 0.6 is 22.9 Å². The first kappa shape index (κ1) is 18.9. The molecule has 0 radical (unpaired) electrons. The monoisotopic (exact) mass is 391 g/mol. The molecule has 1 aromatic heterocycles. The lowest BCUT2D eigenvalue weighted by Crippen LogP contribution is -2.21. The van der Waals surface area contributed by atoms with Crippen molar-refractivity contribution in [1.82, 2.24) is 0 Å². The Morgan fingerprint density at radius 2 is 2.15 bits per heavy atom. The Labute approximate surface area is 162 Å². The number of benzene rings is 1. The molecule has 138 valence electrons. The minimum Gasteiger partial charge on any atom is -0.451 e. The van der Waals surface area contributed by atoms with Crippen molar-refractivity contribution in [2.75, 3.05) is 11.9 Å². The number of halogens is 1. The number of aryl methyl sites for hydroxylation is 2. The fraction of sp³-hybridized carbons (Fsp3) is 0.400. The zero-order valence-electron chi connectivity index (χ0n) is 14.9. The van der Waals surface area contributed by atoms with Crippen molar-refractivity contribution in [2.45, 2.75) is 39.5 Å². The van der Waals surface area contributed by atoms with Crippen molar-refractivity contribution in [3.8, 4) is 0 Å². The van der Waals surface area contributed by atoms with Gasteiger partial charge in [-0.2, -0.15) is 0 Å². The first-order chi connectivity index (χ1) is 12.5. The average molecular weight is 392 g/mol. The van der Waals surface area contributed by atoms with Gasteiger partial charge in [0.1, 0.15) is 4.88 Å². The molecule has 0 fully saturated rings. The van der Waals surface area contributed by atoms with Crippen LogP contribution in [0.2, 0.25) is 5.02 Å². The van der Waals surface area contributed by atoms with Gasteiger partial charge in [0.15, 0.2) is 6.61 Å². The van der Waals surface area contributed by atoms with Crippen LogP contribution in [0.15, 0.2) is 24.3 Å². The zero-order chi connectivity index (χ0) is 18.7. The molecule has 2 aromatic rings. The van der Waals surface area contributed by atoms with Crippen LogP contribution in [0.4, 0.5) is 5.69 Å². The Kier molecular flexibility index (Phi) is 5.99. The number of thiophene rings is 1. The summed E-state index contributed by atoms with van der Waals surface area (Å²) in [7, 11) is 0. The largest absolute Gasteiger partial charge is 0.451 e. The summed E-state index contributed by atoms with van der Waals surface area (Å²) in [5.41, 5.74) is 2.78. The maximum Gasteiger partial charge on any atom is 0.348 e. The van der Waals surface area contributed by atoms with Crippen LogP contribution in [0.5, 0.6) is 0 Å². The van der Waals surface area contributed by atoms with Crippen molar-refractivity contribution in [1.29, 1.82) is 0 Å². The van der Waals surface area contributed by atoms with Crippen LogP contribution in [0.3, 0.4) is 0 Å². The second-order valence-corrected chi connectivity index (χ2v) is 8.23. The molecule has 1 N–H and O–H groups in total. The third-order valence-corrected chi connectivity index (χ3v) is 6.21. The van der Waals surface area contributed by atoms with E-state index < -0.39 is 5.97 Å². The minimum atomic E-state index is -0.430. The van der Waals surface area contributed by atoms with Crippen molar-refractivity contribution < 1.29 is 14.3 Å². The smallest absolute Gasteiger partial charge is 0.348 e. The number of anilines is 1. The molecule has 1 amide bonds. The number of rotatable bonds is 5. The van der Waals surface area contributed by atoms with E-state index in [4.69, 9.17) is 16.3 Å². The molecule has 0 spiro atoms. The van der Waals surface area contributed by atoms with E-state index in [9.17, 15) is 9.59 Å². The number of amides is 1. The van der Waals surface area contributed by atoms with Crippen LogP contribution in [0.25, 0.3) is 0 Å². The second-order valence-electron chi connectivity index (χ2n) is 6.66. The lowest BCUT2D eigenvalue weighted by molar-refractivity contribution is -0.119. The number of ether oxygens (including phenoxy) is 1.